The fourth-order valence-electron chi connectivity index (χ4n) is 3.09. The first-order chi connectivity index (χ1) is 14.2. The van der Waals surface area contributed by atoms with Gasteiger partial charge in [0.25, 0.3) is 0 Å². The van der Waals surface area contributed by atoms with Gasteiger partial charge in [-0.05, 0) is 23.1 Å². The summed E-state index contributed by atoms with van der Waals surface area (Å²) in [6.07, 6.45) is 8.29. The van der Waals surface area contributed by atoms with E-state index in [1.807, 2.05) is 30.3 Å². The summed E-state index contributed by atoms with van der Waals surface area (Å²) >= 11 is 0.290. The minimum atomic E-state index is -0.309. The summed E-state index contributed by atoms with van der Waals surface area (Å²) in [6.45, 7) is 14.8. The van der Waals surface area contributed by atoms with Crippen molar-refractivity contribution in [2.75, 3.05) is 7.11 Å². The van der Waals surface area contributed by atoms with Crippen LogP contribution in [0.25, 0.3) is 6.08 Å². The van der Waals surface area contributed by atoms with Crippen molar-refractivity contribution in [3.63, 3.8) is 0 Å². The van der Waals surface area contributed by atoms with Crippen molar-refractivity contribution in [3.8, 4) is 11.5 Å². The van der Waals surface area contributed by atoms with Crippen LogP contribution in [0.3, 0.4) is 0 Å². The van der Waals surface area contributed by atoms with E-state index < -0.39 is 0 Å². The van der Waals surface area contributed by atoms with Crippen molar-refractivity contribution in [2.45, 2.75) is 38.1 Å². The second-order valence-corrected chi connectivity index (χ2v) is 19.2. The Balaban J connectivity index is 0.000000220. The number of benzene rings is 2. The summed E-state index contributed by atoms with van der Waals surface area (Å²) in [4.78, 5) is 0. The molecule has 0 spiro atoms. The third-order valence-electron chi connectivity index (χ3n) is 4.76. The van der Waals surface area contributed by atoms with Crippen LogP contribution in [0.5, 0.6) is 11.5 Å². The number of fused-ring (bicyclic) bond motifs is 1. The zero-order valence-electron chi connectivity index (χ0n) is 19.1. The first-order valence-electron chi connectivity index (χ1n) is 10.4. The molecular weight excluding hydrogens is 420 g/mol. The molecule has 2 aromatic rings. The predicted molar refractivity (Wildman–Crippen MR) is 128 cm³/mol. The van der Waals surface area contributed by atoms with Crippen molar-refractivity contribution in [2.24, 2.45) is 5.41 Å². The van der Waals surface area contributed by atoms with Crippen molar-refractivity contribution >= 4 is 12.7 Å². The Labute approximate surface area is 192 Å². The van der Waals surface area contributed by atoms with Crippen LogP contribution in [-0.2, 0) is 18.4 Å². The Hall–Kier alpha value is -1.81. The average molecular weight is 455 g/mol. The van der Waals surface area contributed by atoms with Gasteiger partial charge in [-0.3, -0.25) is 0 Å². The fraction of sp³-hybridized carbons (Fsp3) is 0.308. The molecule has 0 aliphatic heterocycles. The molecule has 0 heterocycles. The Bertz CT molecular complexity index is 894. The van der Waals surface area contributed by atoms with Gasteiger partial charge < -0.3 is 9.47 Å². The molecule has 0 fully saturated rings. The third-order valence-corrected chi connectivity index (χ3v) is 11.4. The number of rotatable bonds is 6. The van der Waals surface area contributed by atoms with Gasteiger partial charge in [0.2, 0.25) is 0 Å². The number of methoxy groups -OCH3 is 1. The molecule has 1 aliphatic rings. The number of allylic oxidation sites excluding steroid dienone is 3. The number of hydrogen-bond acceptors (Lipinski definition) is 2. The second-order valence-electron chi connectivity index (χ2n) is 8.61. The normalized spacial score (nSPS) is 15.2. The van der Waals surface area contributed by atoms with Crippen LogP contribution in [0.1, 0.15) is 36.1 Å². The van der Waals surface area contributed by atoms with Gasteiger partial charge in [0.1, 0.15) is 11.5 Å². The first-order valence-corrected chi connectivity index (χ1v) is 16.9. The van der Waals surface area contributed by atoms with Crippen LogP contribution in [-0.4, -0.2) is 13.8 Å². The molecule has 0 amide bonds. The van der Waals surface area contributed by atoms with E-state index in [2.05, 4.69) is 76.9 Å². The van der Waals surface area contributed by atoms with E-state index in [1.54, 1.807) is 18.9 Å². The number of hydrogen-bond donors (Lipinski definition) is 0. The molecule has 3 rings (SSSR count). The molecule has 0 saturated heterocycles. The van der Waals surface area contributed by atoms with Crippen LogP contribution in [0.2, 0.25) is 13.1 Å². The first kappa shape index (κ1) is 24.5. The molecule has 2 nitrogen and oxygen atoms in total. The van der Waals surface area contributed by atoms with E-state index in [1.165, 1.54) is 5.56 Å². The van der Waals surface area contributed by atoms with Gasteiger partial charge in [0.05, 0.1) is 13.4 Å². The monoisotopic (exact) mass is 454 g/mol. The van der Waals surface area contributed by atoms with E-state index in [0.717, 1.165) is 21.3 Å². The van der Waals surface area contributed by atoms with Crippen molar-refractivity contribution in [3.05, 3.63) is 90.2 Å². The van der Waals surface area contributed by atoms with Gasteiger partial charge in [-0.1, -0.05) is 39.5 Å². The Morgan fingerprint density at radius 2 is 1.77 bits per heavy atom. The van der Waals surface area contributed by atoms with E-state index in [4.69, 9.17) is 9.47 Å². The van der Waals surface area contributed by atoms with Gasteiger partial charge in [-0.25, -0.2) is 0 Å². The van der Waals surface area contributed by atoms with E-state index in [0.29, 0.717) is 18.4 Å². The Kier molecular flexibility index (Phi) is 9.42. The van der Waals surface area contributed by atoms with Gasteiger partial charge in [0, 0.05) is 6.07 Å². The van der Waals surface area contributed by atoms with E-state index >= 15 is 0 Å². The Morgan fingerprint density at radius 3 is 2.40 bits per heavy atom. The van der Waals surface area contributed by atoms with Crippen LogP contribution in [0.15, 0.2) is 79.1 Å². The molecule has 2 aromatic carbocycles. The van der Waals surface area contributed by atoms with Crippen LogP contribution in [0, 0.1) is 5.41 Å². The molecule has 0 aromatic heterocycles. The molecule has 0 saturated carbocycles. The molecule has 0 radical (unpaired) electrons. The van der Waals surface area contributed by atoms with Crippen LogP contribution >= 0.6 is 0 Å². The van der Waals surface area contributed by atoms with Crippen molar-refractivity contribution in [1.82, 2.24) is 0 Å². The van der Waals surface area contributed by atoms with Crippen molar-refractivity contribution in [1.29, 1.82) is 0 Å². The topological polar surface area (TPSA) is 18.5 Å². The van der Waals surface area contributed by atoms with E-state index in [-0.39, 0.29) is 12.1 Å². The summed E-state index contributed by atoms with van der Waals surface area (Å²) in [6, 6.07) is 16.4. The summed E-state index contributed by atoms with van der Waals surface area (Å²) in [5.41, 5.74) is 4.15. The standard InChI is InChI=1S/C15H20O2.C9H7.C2H7Si.Ti/c1-6-12(15(2,3)4)11-17-14-9-7-8-13(10-14)16-5;1-2-5-9-7-3-6-8(9)4-1;1-3-2;/h6-11H,1H2,2-5H3;1-7H;3H,1-2H3;. The van der Waals surface area contributed by atoms with Gasteiger partial charge in [0.15, 0.2) is 0 Å². The molecule has 1 atom stereocenters. The summed E-state index contributed by atoms with van der Waals surface area (Å²) < 4.78 is 11.6. The quantitative estimate of drug-likeness (QED) is 0.266. The van der Waals surface area contributed by atoms with Crippen LogP contribution in [0.4, 0.5) is 0 Å². The summed E-state index contributed by atoms with van der Waals surface area (Å²) in [5.74, 6) is 1.54. The van der Waals surface area contributed by atoms with Crippen molar-refractivity contribution < 1.29 is 27.9 Å². The second kappa shape index (κ2) is 11.5. The zero-order valence-corrected chi connectivity index (χ0v) is 21.8. The maximum absolute atomic E-state index is 5.61. The third kappa shape index (κ3) is 7.46. The SMILES string of the molecule is C=CC(=COc1cccc(OC)c1)C(C)(C)C.C[SiH](C)[Ti][CH]1C=Cc2ccccc21. The minimum absolute atomic E-state index is 0.0284. The molecule has 0 N–H and O–H groups in total. The summed E-state index contributed by atoms with van der Waals surface area (Å²) in [7, 11) is 1.64. The van der Waals surface area contributed by atoms with Gasteiger partial charge in [-0.15, -0.1) is 0 Å². The van der Waals surface area contributed by atoms with E-state index in [9.17, 15) is 0 Å². The Morgan fingerprint density at radius 1 is 1.07 bits per heavy atom. The zero-order chi connectivity index (χ0) is 22.1. The molecule has 1 unspecified atom stereocenters. The van der Waals surface area contributed by atoms with Crippen LogP contribution < -0.4 is 9.47 Å². The fourth-order valence-corrected chi connectivity index (χ4v) is 9.39. The predicted octanol–water partition coefficient (Wildman–Crippen LogP) is 7.01. The molecule has 0 bridgehead atoms. The average Bonchev–Trinajstić information content (AvgIpc) is 3.10. The maximum atomic E-state index is 5.61. The molecule has 1 aliphatic carbocycles. The number of ether oxygens (including phenoxy) is 2. The van der Waals surface area contributed by atoms with Gasteiger partial charge >= 0.3 is 89.9 Å². The molecule has 158 valence electrons. The molecule has 30 heavy (non-hydrogen) atoms. The molecular formula is C26H34O2SiTi. The molecule has 4 heteroatoms. The summed E-state index contributed by atoms with van der Waals surface area (Å²) in [5, 5.41) is 0. The van der Waals surface area contributed by atoms with Gasteiger partial charge in [-0.2, -0.15) is 0 Å².